The number of benzene rings is 1. The number of nitrogens with zero attached hydrogens (tertiary/aromatic N) is 4. The maximum absolute atomic E-state index is 10.2. The van der Waals surface area contributed by atoms with E-state index in [1.807, 2.05) is 29.0 Å². The molecule has 1 aliphatic carbocycles. The second-order valence-electron chi connectivity index (χ2n) is 6.03. The van der Waals surface area contributed by atoms with Crippen molar-refractivity contribution in [3.05, 3.63) is 47.9 Å². The molecule has 4 rings (SSSR count). The third-order valence-electron chi connectivity index (χ3n) is 4.47. The Balaban J connectivity index is 2.03. The molecule has 0 atom stereocenters. The molecule has 0 spiro atoms. The molecule has 1 saturated carbocycles. The summed E-state index contributed by atoms with van der Waals surface area (Å²) in [5.41, 5.74) is 3.28. The number of fused-ring (bicyclic) bond motifs is 1. The fourth-order valence-corrected chi connectivity index (χ4v) is 2.88. The van der Waals surface area contributed by atoms with Crippen molar-refractivity contribution in [2.24, 2.45) is 0 Å². The molecule has 22 heavy (non-hydrogen) atoms. The minimum Gasteiger partial charge on any atom is -0.493 e. The highest BCUT2D eigenvalue weighted by Gasteiger charge is 2.42. The highest BCUT2D eigenvalue weighted by Crippen LogP contribution is 2.51. The number of hydrogen-bond donors (Lipinski definition) is 1. The molecule has 2 aromatic heterocycles. The Bertz CT molecular complexity index is 931. The van der Waals surface area contributed by atoms with Crippen molar-refractivity contribution in [1.29, 1.82) is 5.26 Å². The minimum atomic E-state index is 0.0170. The first-order chi connectivity index (χ1) is 10.6. The summed E-state index contributed by atoms with van der Waals surface area (Å²) in [7, 11) is 0. The minimum absolute atomic E-state index is 0.0170. The molecule has 108 valence electrons. The number of rotatable bonds is 2. The summed E-state index contributed by atoms with van der Waals surface area (Å²) in [5.74, 6) is 0.0170. The molecule has 1 N–H and O–H groups in total. The van der Waals surface area contributed by atoms with E-state index in [-0.39, 0.29) is 11.3 Å². The van der Waals surface area contributed by atoms with Crippen LogP contribution in [-0.2, 0) is 5.41 Å². The number of aromatic hydroxyl groups is 1. The molecule has 2 heterocycles. The molecule has 1 aliphatic rings. The Morgan fingerprint density at radius 3 is 2.86 bits per heavy atom. The molecule has 0 aliphatic heterocycles. The zero-order valence-electron chi connectivity index (χ0n) is 12.1. The van der Waals surface area contributed by atoms with Gasteiger partial charge < -0.3 is 9.67 Å². The van der Waals surface area contributed by atoms with Gasteiger partial charge in [0.05, 0.1) is 17.0 Å². The van der Waals surface area contributed by atoms with Crippen molar-refractivity contribution in [3.8, 4) is 17.6 Å². The highest BCUT2D eigenvalue weighted by molar-refractivity contribution is 5.88. The molecule has 0 radical (unpaired) electrons. The van der Waals surface area contributed by atoms with Gasteiger partial charge in [0, 0.05) is 11.9 Å². The predicted octanol–water partition coefficient (Wildman–Crippen LogP) is 3.05. The SMILES string of the molecule is CC1(c2cn(-c3cccc(C#N)c3)c3ncnc(O)c23)CC1. The summed E-state index contributed by atoms with van der Waals surface area (Å²) in [6.07, 6.45) is 5.57. The van der Waals surface area contributed by atoms with Crippen LogP contribution in [0, 0.1) is 11.3 Å². The van der Waals surface area contributed by atoms with E-state index >= 15 is 0 Å². The molecule has 0 unspecified atom stereocenters. The first kappa shape index (κ1) is 12.8. The summed E-state index contributed by atoms with van der Waals surface area (Å²) in [6.45, 7) is 2.18. The molecule has 5 nitrogen and oxygen atoms in total. The lowest BCUT2D eigenvalue weighted by Crippen LogP contribution is -1.98. The van der Waals surface area contributed by atoms with E-state index in [9.17, 15) is 5.11 Å². The lowest BCUT2D eigenvalue weighted by molar-refractivity contribution is 0.458. The van der Waals surface area contributed by atoms with Crippen LogP contribution in [0.5, 0.6) is 5.88 Å². The average Bonchev–Trinajstić information content (AvgIpc) is 3.15. The Labute approximate surface area is 127 Å². The van der Waals surface area contributed by atoms with E-state index in [0.29, 0.717) is 16.6 Å². The average molecular weight is 290 g/mol. The van der Waals surface area contributed by atoms with Gasteiger partial charge >= 0.3 is 0 Å². The van der Waals surface area contributed by atoms with Crippen molar-refractivity contribution in [2.75, 3.05) is 0 Å². The molecule has 5 heteroatoms. The molecule has 1 fully saturated rings. The Hall–Kier alpha value is -2.87. The zero-order valence-corrected chi connectivity index (χ0v) is 12.1. The van der Waals surface area contributed by atoms with Gasteiger partial charge in [0.25, 0.3) is 0 Å². The standard InChI is InChI=1S/C17H14N4O/c1-17(5-6-17)13-9-21(12-4-2-3-11(7-12)8-18)15-14(13)16(22)20-10-19-15/h2-4,7,9-10H,5-6H2,1H3,(H,19,20,22). The van der Waals surface area contributed by atoms with Crippen LogP contribution in [0.25, 0.3) is 16.7 Å². The molecule has 1 aromatic carbocycles. The molecule has 3 aromatic rings. The Kier molecular flexibility index (Phi) is 2.52. The first-order valence-electron chi connectivity index (χ1n) is 7.18. The molecular weight excluding hydrogens is 276 g/mol. The van der Waals surface area contributed by atoms with E-state index in [2.05, 4.69) is 23.0 Å². The third-order valence-corrected chi connectivity index (χ3v) is 4.47. The smallest absolute Gasteiger partial charge is 0.223 e. The molecule has 0 saturated heterocycles. The van der Waals surface area contributed by atoms with Gasteiger partial charge in [0.1, 0.15) is 6.33 Å². The van der Waals surface area contributed by atoms with Gasteiger partial charge in [-0.1, -0.05) is 13.0 Å². The van der Waals surface area contributed by atoms with Gasteiger partial charge in [0.15, 0.2) is 5.65 Å². The van der Waals surface area contributed by atoms with Gasteiger partial charge in [-0.15, -0.1) is 0 Å². The Morgan fingerprint density at radius 2 is 2.14 bits per heavy atom. The lowest BCUT2D eigenvalue weighted by atomic mass is 9.99. The fourth-order valence-electron chi connectivity index (χ4n) is 2.88. The highest BCUT2D eigenvalue weighted by atomic mass is 16.3. The topological polar surface area (TPSA) is 74.7 Å². The van der Waals surface area contributed by atoms with E-state index in [0.717, 1.165) is 24.1 Å². The van der Waals surface area contributed by atoms with Crippen LogP contribution in [0.4, 0.5) is 0 Å². The van der Waals surface area contributed by atoms with Crippen molar-refractivity contribution < 1.29 is 5.11 Å². The Morgan fingerprint density at radius 1 is 1.32 bits per heavy atom. The number of hydrogen-bond acceptors (Lipinski definition) is 4. The predicted molar refractivity (Wildman–Crippen MR) is 81.8 cm³/mol. The van der Waals surface area contributed by atoms with E-state index in [1.54, 1.807) is 6.07 Å². The molecular formula is C17H14N4O. The number of nitriles is 1. The summed E-state index contributed by atoms with van der Waals surface area (Å²) in [5, 5.41) is 20.0. The van der Waals surface area contributed by atoms with Crippen molar-refractivity contribution in [3.63, 3.8) is 0 Å². The molecule has 0 amide bonds. The van der Waals surface area contributed by atoms with E-state index in [4.69, 9.17) is 5.26 Å². The van der Waals surface area contributed by atoms with E-state index < -0.39 is 0 Å². The molecule has 0 bridgehead atoms. The van der Waals surface area contributed by atoms with Crippen LogP contribution in [-0.4, -0.2) is 19.6 Å². The summed E-state index contributed by atoms with van der Waals surface area (Å²) in [6, 6.07) is 9.51. The summed E-state index contributed by atoms with van der Waals surface area (Å²) >= 11 is 0. The monoisotopic (exact) mass is 290 g/mol. The van der Waals surface area contributed by atoms with Crippen molar-refractivity contribution >= 4 is 11.0 Å². The number of aromatic nitrogens is 3. The van der Waals surface area contributed by atoms with Gasteiger partial charge in [-0.05, 0) is 42.0 Å². The van der Waals surface area contributed by atoms with Crippen LogP contribution in [0.3, 0.4) is 0 Å². The van der Waals surface area contributed by atoms with Crippen molar-refractivity contribution in [2.45, 2.75) is 25.2 Å². The summed E-state index contributed by atoms with van der Waals surface area (Å²) in [4.78, 5) is 8.27. The normalized spacial score (nSPS) is 15.6. The lowest BCUT2D eigenvalue weighted by Gasteiger charge is -2.06. The van der Waals surface area contributed by atoms with Gasteiger partial charge in [0.2, 0.25) is 5.88 Å². The maximum atomic E-state index is 10.2. The largest absolute Gasteiger partial charge is 0.493 e. The van der Waals surface area contributed by atoms with Crippen LogP contribution >= 0.6 is 0 Å². The first-order valence-corrected chi connectivity index (χ1v) is 7.18. The third kappa shape index (κ3) is 1.77. The van der Waals surface area contributed by atoms with E-state index in [1.165, 1.54) is 6.33 Å². The second-order valence-corrected chi connectivity index (χ2v) is 6.03. The van der Waals surface area contributed by atoms with Crippen LogP contribution < -0.4 is 0 Å². The van der Waals surface area contributed by atoms with Gasteiger partial charge in [-0.2, -0.15) is 5.26 Å². The van der Waals surface area contributed by atoms with Crippen LogP contribution in [0.2, 0.25) is 0 Å². The zero-order chi connectivity index (χ0) is 15.3. The summed E-state index contributed by atoms with van der Waals surface area (Å²) < 4.78 is 1.93. The van der Waals surface area contributed by atoms with Gasteiger partial charge in [-0.3, -0.25) is 0 Å². The fraction of sp³-hybridized carbons (Fsp3) is 0.235. The van der Waals surface area contributed by atoms with Gasteiger partial charge in [-0.25, -0.2) is 9.97 Å². The maximum Gasteiger partial charge on any atom is 0.223 e. The second kappa shape index (κ2) is 4.31. The van der Waals surface area contributed by atoms with Crippen LogP contribution in [0.15, 0.2) is 36.8 Å². The van der Waals surface area contributed by atoms with Crippen LogP contribution in [0.1, 0.15) is 30.9 Å². The van der Waals surface area contributed by atoms with Crippen molar-refractivity contribution in [1.82, 2.24) is 14.5 Å². The quantitative estimate of drug-likeness (QED) is 0.787.